The van der Waals surface area contributed by atoms with E-state index in [0.29, 0.717) is 18.9 Å². The van der Waals surface area contributed by atoms with Crippen molar-refractivity contribution >= 4 is 29.0 Å². The van der Waals surface area contributed by atoms with Gasteiger partial charge in [-0.15, -0.1) is 10.2 Å². The number of carbonyl (C=O) groups excluding carboxylic acids is 1. The summed E-state index contributed by atoms with van der Waals surface area (Å²) in [7, 11) is 3.97. The van der Waals surface area contributed by atoms with Gasteiger partial charge in [-0.2, -0.15) is 0 Å². The summed E-state index contributed by atoms with van der Waals surface area (Å²) >= 11 is 0. The molecule has 0 spiro atoms. The standard InChI is InChI=1S/C23H27N7O/c1-17-4-9-20(24-16-17)25-21-10-11-22(27-26-21)29-12-14-30(15-13-29)23(31)18-5-7-19(8-6-18)28(2)3/h4-11,16H,12-15H2,1-3H3,(H,24,25,26). The van der Waals surface area contributed by atoms with E-state index in [1.807, 2.05) is 85.5 Å². The van der Waals surface area contributed by atoms with Crippen molar-refractivity contribution in [2.24, 2.45) is 0 Å². The highest BCUT2D eigenvalue weighted by Crippen LogP contribution is 2.19. The van der Waals surface area contributed by atoms with Gasteiger partial charge in [-0.25, -0.2) is 4.98 Å². The molecule has 0 aliphatic carbocycles. The van der Waals surface area contributed by atoms with Crippen LogP contribution < -0.4 is 15.1 Å². The van der Waals surface area contributed by atoms with Gasteiger partial charge in [0.1, 0.15) is 5.82 Å². The van der Waals surface area contributed by atoms with Crippen LogP contribution in [-0.2, 0) is 0 Å². The average molecular weight is 418 g/mol. The predicted molar refractivity (Wildman–Crippen MR) is 123 cm³/mol. The Balaban J connectivity index is 1.32. The third-order valence-electron chi connectivity index (χ3n) is 5.34. The molecule has 0 unspecified atom stereocenters. The van der Waals surface area contributed by atoms with Gasteiger partial charge in [0.2, 0.25) is 0 Å². The molecule has 1 amide bonds. The van der Waals surface area contributed by atoms with Gasteiger partial charge in [-0.05, 0) is 55.0 Å². The SMILES string of the molecule is Cc1ccc(Nc2ccc(N3CCN(C(=O)c4ccc(N(C)C)cc4)CC3)nn2)nc1. The number of piperazine rings is 1. The van der Waals surface area contributed by atoms with Crippen molar-refractivity contribution in [3.8, 4) is 0 Å². The molecule has 1 N–H and O–H groups in total. The number of aryl methyl sites for hydroxylation is 1. The number of nitrogens with one attached hydrogen (secondary N) is 1. The molecule has 1 fully saturated rings. The fraction of sp³-hybridized carbons (Fsp3) is 0.304. The normalized spacial score (nSPS) is 13.8. The molecule has 0 saturated carbocycles. The summed E-state index contributed by atoms with van der Waals surface area (Å²) < 4.78 is 0. The third-order valence-corrected chi connectivity index (χ3v) is 5.34. The lowest BCUT2D eigenvalue weighted by molar-refractivity contribution is 0.0746. The Hall–Kier alpha value is -3.68. The Bertz CT molecular complexity index is 1010. The van der Waals surface area contributed by atoms with Crippen molar-refractivity contribution in [2.45, 2.75) is 6.92 Å². The second-order valence-electron chi connectivity index (χ2n) is 7.84. The van der Waals surface area contributed by atoms with Crippen LogP contribution in [-0.4, -0.2) is 66.3 Å². The number of hydrogen-bond donors (Lipinski definition) is 1. The van der Waals surface area contributed by atoms with Crippen LogP contribution in [0, 0.1) is 6.92 Å². The summed E-state index contributed by atoms with van der Waals surface area (Å²) in [6.07, 6.45) is 1.81. The Morgan fingerprint density at radius 3 is 2.19 bits per heavy atom. The molecular formula is C23H27N7O. The third kappa shape index (κ3) is 4.91. The van der Waals surface area contributed by atoms with E-state index in [1.165, 1.54) is 0 Å². The Labute approximate surface area is 182 Å². The first kappa shape index (κ1) is 20.6. The summed E-state index contributed by atoms with van der Waals surface area (Å²) in [5.74, 6) is 2.26. The maximum atomic E-state index is 12.8. The number of rotatable bonds is 5. The molecular weight excluding hydrogens is 390 g/mol. The number of nitrogens with zero attached hydrogens (tertiary/aromatic N) is 6. The summed E-state index contributed by atoms with van der Waals surface area (Å²) in [5.41, 5.74) is 2.91. The number of aromatic nitrogens is 3. The molecule has 0 radical (unpaired) electrons. The van der Waals surface area contributed by atoms with Crippen LogP contribution in [0.4, 0.5) is 23.1 Å². The van der Waals surface area contributed by atoms with Crippen LogP contribution in [0.2, 0.25) is 0 Å². The van der Waals surface area contributed by atoms with E-state index in [1.54, 1.807) is 0 Å². The maximum absolute atomic E-state index is 12.8. The molecule has 3 aromatic rings. The highest BCUT2D eigenvalue weighted by atomic mass is 16.2. The van der Waals surface area contributed by atoms with Gasteiger partial charge in [-0.1, -0.05) is 6.07 Å². The van der Waals surface area contributed by atoms with Crippen molar-refractivity contribution in [1.29, 1.82) is 0 Å². The lowest BCUT2D eigenvalue weighted by Gasteiger charge is -2.35. The number of benzene rings is 1. The van der Waals surface area contributed by atoms with Crippen molar-refractivity contribution in [3.63, 3.8) is 0 Å². The number of pyridine rings is 1. The summed E-state index contributed by atoms with van der Waals surface area (Å²) in [4.78, 5) is 23.2. The highest BCUT2D eigenvalue weighted by molar-refractivity contribution is 5.94. The number of amides is 1. The topological polar surface area (TPSA) is 77.5 Å². The minimum atomic E-state index is 0.0705. The fourth-order valence-corrected chi connectivity index (χ4v) is 3.46. The van der Waals surface area contributed by atoms with Gasteiger partial charge >= 0.3 is 0 Å². The van der Waals surface area contributed by atoms with E-state index in [-0.39, 0.29) is 5.91 Å². The Morgan fingerprint density at radius 1 is 0.903 bits per heavy atom. The largest absolute Gasteiger partial charge is 0.378 e. The van der Waals surface area contributed by atoms with E-state index >= 15 is 0 Å². The van der Waals surface area contributed by atoms with Crippen molar-refractivity contribution in [1.82, 2.24) is 20.1 Å². The molecule has 3 heterocycles. The molecule has 8 nitrogen and oxygen atoms in total. The molecule has 1 aliphatic rings. The summed E-state index contributed by atoms with van der Waals surface area (Å²) in [6, 6.07) is 15.5. The van der Waals surface area contributed by atoms with Crippen molar-refractivity contribution < 1.29 is 4.79 Å². The molecule has 8 heteroatoms. The zero-order valence-electron chi connectivity index (χ0n) is 18.1. The number of carbonyl (C=O) groups is 1. The monoisotopic (exact) mass is 417 g/mol. The van der Waals surface area contributed by atoms with Crippen LogP contribution in [0.3, 0.4) is 0 Å². The van der Waals surface area contributed by atoms with Gasteiger partial charge in [0.05, 0.1) is 0 Å². The summed E-state index contributed by atoms with van der Waals surface area (Å²) in [6.45, 7) is 4.76. The van der Waals surface area contributed by atoms with E-state index in [4.69, 9.17) is 0 Å². The molecule has 160 valence electrons. The Kier molecular flexibility index (Phi) is 5.97. The van der Waals surface area contributed by atoms with Gasteiger partial charge in [-0.3, -0.25) is 4.79 Å². The number of anilines is 4. The summed E-state index contributed by atoms with van der Waals surface area (Å²) in [5, 5.41) is 11.8. The number of hydrogen-bond acceptors (Lipinski definition) is 7. The molecule has 4 rings (SSSR count). The first-order chi connectivity index (χ1) is 15.0. The van der Waals surface area contributed by atoms with Crippen LogP contribution in [0.5, 0.6) is 0 Å². The minimum Gasteiger partial charge on any atom is -0.378 e. The van der Waals surface area contributed by atoms with Crippen molar-refractivity contribution in [2.75, 3.05) is 55.4 Å². The maximum Gasteiger partial charge on any atom is 0.253 e. The smallest absolute Gasteiger partial charge is 0.253 e. The van der Waals surface area contributed by atoms with Gasteiger partial charge in [0.25, 0.3) is 5.91 Å². The molecule has 2 aromatic heterocycles. The quantitative estimate of drug-likeness (QED) is 0.684. The molecule has 0 bridgehead atoms. The average Bonchev–Trinajstić information content (AvgIpc) is 2.81. The molecule has 1 aliphatic heterocycles. The molecule has 1 aromatic carbocycles. The van der Waals surface area contributed by atoms with Crippen molar-refractivity contribution in [3.05, 3.63) is 65.9 Å². The molecule has 1 saturated heterocycles. The van der Waals surface area contributed by atoms with Gasteiger partial charge in [0.15, 0.2) is 11.6 Å². The predicted octanol–water partition coefficient (Wildman–Crippen LogP) is 2.95. The van der Waals surface area contributed by atoms with E-state index in [2.05, 4.69) is 25.4 Å². The van der Waals surface area contributed by atoms with E-state index in [9.17, 15) is 4.79 Å². The van der Waals surface area contributed by atoms with E-state index < -0.39 is 0 Å². The molecule has 0 atom stereocenters. The second-order valence-corrected chi connectivity index (χ2v) is 7.84. The van der Waals surface area contributed by atoms with Crippen LogP contribution in [0.15, 0.2) is 54.7 Å². The highest BCUT2D eigenvalue weighted by Gasteiger charge is 2.23. The van der Waals surface area contributed by atoms with Crippen LogP contribution in [0.1, 0.15) is 15.9 Å². The van der Waals surface area contributed by atoms with Gasteiger partial charge < -0.3 is 20.0 Å². The van der Waals surface area contributed by atoms with Crippen LogP contribution in [0.25, 0.3) is 0 Å². The van der Waals surface area contributed by atoms with Crippen LogP contribution >= 0.6 is 0 Å². The zero-order chi connectivity index (χ0) is 21.8. The van der Waals surface area contributed by atoms with E-state index in [0.717, 1.165) is 41.5 Å². The minimum absolute atomic E-state index is 0.0705. The lowest BCUT2D eigenvalue weighted by atomic mass is 10.1. The first-order valence-corrected chi connectivity index (χ1v) is 10.3. The lowest BCUT2D eigenvalue weighted by Crippen LogP contribution is -2.49. The molecule has 31 heavy (non-hydrogen) atoms. The second kappa shape index (κ2) is 8.99. The Morgan fingerprint density at radius 2 is 1.61 bits per heavy atom. The first-order valence-electron chi connectivity index (χ1n) is 10.3. The van der Waals surface area contributed by atoms with Gasteiger partial charge in [0, 0.05) is 57.7 Å². The zero-order valence-corrected chi connectivity index (χ0v) is 18.1. The fourth-order valence-electron chi connectivity index (χ4n) is 3.46.